The van der Waals surface area contributed by atoms with Crippen molar-refractivity contribution in [3.05, 3.63) is 28.8 Å². The highest BCUT2D eigenvalue weighted by Gasteiger charge is 2.51. The van der Waals surface area contributed by atoms with E-state index in [1.165, 1.54) is 6.07 Å². The fraction of sp³-hybridized carbons (Fsp3) is 0.467. The fourth-order valence-electron chi connectivity index (χ4n) is 2.22. The summed E-state index contributed by atoms with van der Waals surface area (Å²) < 4.78 is 11.8. The number of rotatable bonds is 3. The molecule has 0 atom stereocenters. The number of carbonyl (C=O) groups excluding carboxylic acids is 1. The third-order valence-corrected chi connectivity index (χ3v) is 4.35. The van der Waals surface area contributed by atoms with Crippen molar-refractivity contribution < 1.29 is 24.0 Å². The van der Waals surface area contributed by atoms with Crippen molar-refractivity contribution >= 4 is 24.8 Å². The van der Waals surface area contributed by atoms with Crippen LogP contribution >= 0.6 is 0 Å². The first-order valence-corrected chi connectivity index (χ1v) is 6.78. The molecule has 6 heteroatoms. The first kappa shape index (κ1) is 15.7. The molecular weight excluding hydrogens is 271 g/mol. The SMILES string of the molecule is Cc1c(C=O)cc(B2OC(C)(C)C(C)(C)O2)cc1C(=O)O. The lowest BCUT2D eigenvalue weighted by Gasteiger charge is -2.32. The normalized spacial score (nSPS) is 19.6. The number of carboxylic acids is 1. The van der Waals surface area contributed by atoms with Gasteiger partial charge >= 0.3 is 13.1 Å². The van der Waals surface area contributed by atoms with E-state index in [1.807, 2.05) is 27.7 Å². The van der Waals surface area contributed by atoms with E-state index in [0.717, 1.165) is 0 Å². The van der Waals surface area contributed by atoms with Crippen LogP contribution in [0.1, 0.15) is 54.0 Å². The standard InChI is InChI=1S/C15H19BO5/c1-9-10(8-17)6-11(7-12(9)13(18)19)16-20-14(2,3)15(4,5)21-16/h6-8H,1-5H3,(H,18,19). The maximum absolute atomic E-state index is 11.3. The van der Waals surface area contributed by atoms with Gasteiger partial charge in [-0.2, -0.15) is 0 Å². The molecule has 0 amide bonds. The van der Waals surface area contributed by atoms with E-state index in [0.29, 0.717) is 22.9 Å². The summed E-state index contributed by atoms with van der Waals surface area (Å²) in [6.07, 6.45) is 0.649. The van der Waals surface area contributed by atoms with Gasteiger partial charge in [-0.05, 0) is 51.7 Å². The van der Waals surface area contributed by atoms with Crippen LogP contribution in [0.3, 0.4) is 0 Å². The van der Waals surface area contributed by atoms with E-state index < -0.39 is 24.3 Å². The molecule has 1 aliphatic heterocycles. The van der Waals surface area contributed by atoms with Crippen molar-refractivity contribution in [2.24, 2.45) is 0 Å². The van der Waals surface area contributed by atoms with Gasteiger partial charge < -0.3 is 14.4 Å². The third-order valence-electron chi connectivity index (χ3n) is 4.35. The summed E-state index contributed by atoms with van der Waals surface area (Å²) in [4.78, 5) is 22.5. The van der Waals surface area contributed by atoms with E-state index >= 15 is 0 Å². The first-order valence-electron chi connectivity index (χ1n) is 6.78. The minimum atomic E-state index is -1.08. The second kappa shape index (κ2) is 4.96. The zero-order chi connectivity index (χ0) is 16.0. The average molecular weight is 290 g/mol. The van der Waals surface area contributed by atoms with Gasteiger partial charge in [0.1, 0.15) is 6.29 Å². The third kappa shape index (κ3) is 2.61. The Bertz CT molecular complexity index is 590. The van der Waals surface area contributed by atoms with Crippen LogP contribution in [0.2, 0.25) is 0 Å². The lowest BCUT2D eigenvalue weighted by Crippen LogP contribution is -2.41. The summed E-state index contributed by atoms with van der Waals surface area (Å²) in [5.74, 6) is -1.08. The molecule has 0 saturated carbocycles. The van der Waals surface area contributed by atoms with Gasteiger partial charge in [0.2, 0.25) is 0 Å². The van der Waals surface area contributed by atoms with Crippen molar-refractivity contribution in [1.29, 1.82) is 0 Å². The molecule has 0 radical (unpaired) electrons. The highest BCUT2D eigenvalue weighted by molar-refractivity contribution is 6.62. The van der Waals surface area contributed by atoms with E-state index in [-0.39, 0.29) is 5.56 Å². The Labute approximate surface area is 124 Å². The molecule has 0 spiro atoms. The molecule has 21 heavy (non-hydrogen) atoms. The van der Waals surface area contributed by atoms with Crippen LogP contribution in [0.4, 0.5) is 0 Å². The van der Waals surface area contributed by atoms with Crippen molar-refractivity contribution in [2.75, 3.05) is 0 Å². The zero-order valence-electron chi connectivity index (χ0n) is 12.9. The molecular formula is C15H19BO5. The van der Waals surface area contributed by atoms with Crippen molar-refractivity contribution in [3.63, 3.8) is 0 Å². The molecule has 1 fully saturated rings. The Kier molecular flexibility index (Phi) is 3.72. The Morgan fingerprint density at radius 2 is 1.71 bits per heavy atom. The molecule has 5 nitrogen and oxygen atoms in total. The summed E-state index contributed by atoms with van der Waals surface area (Å²) in [7, 11) is -0.688. The molecule has 1 saturated heterocycles. The largest absolute Gasteiger partial charge is 0.494 e. The highest BCUT2D eigenvalue weighted by Crippen LogP contribution is 2.36. The van der Waals surface area contributed by atoms with Gasteiger partial charge in [0.25, 0.3) is 0 Å². The van der Waals surface area contributed by atoms with Gasteiger partial charge in [0.15, 0.2) is 0 Å². The molecule has 1 heterocycles. The van der Waals surface area contributed by atoms with Gasteiger partial charge in [0, 0.05) is 5.56 Å². The van der Waals surface area contributed by atoms with E-state index in [9.17, 15) is 14.7 Å². The highest BCUT2D eigenvalue weighted by atomic mass is 16.7. The number of benzene rings is 1. The summed E-state index contributed by atoms with van der Waals surface area (Å²) in [6, 6.07) is 3.13. The van der Waals surface area contributed by atoms with Crippen LogP contribution < -0.4 is 5.46 Å². The summed E-state index contributed by atoms with van der Waals surface area (Å²) in [5.41, 5.74) is 0.362. The maximum Gasteiger partial charge on any atom is 0.494 e. The first-order chi connectivity index (χ1) is 9.59. The molecule has 0 aromatic heterocycles. The van der Waals surface area contributed by atoms with Gasteiger partial charge in [-0.15, -0.1) is 0 Å². The molecule has 0 bridgehead atoms. The van der Waals surface area contributed by atoms with Gasteiger partial charge in [0.05, 0.1) is 16.8 Å². The van der Waals surface area contributed by atoms with Crippen LogP contribution in [0.15, 0.2) is 12.1 Å². The van der Waals surface area contributed by atoms with Crippen LogP contribution in [-0.4, -0.2) is 35.7 Å². The van der Waals surface area contributed by atoms with Crippen molar-refractivity contribution in [3.8, 4) is 0 Å². The topological polar surface area (TPSA) is 72.8 Å². The Morgan fingerprint density at radius 3 is 2.14 bits per heavy atom. The Hall–Kier alpha value is -1.66. The number of aldehydes is 1. The second-order valence-electron chi connectivity index (χ2n) is 6.29. The maximum atomic E-state index is 11.3. The minimum Gasteiger partial charge on any atom is -0.478 e. The van der Waals surface area contributed by atoms with Crippen molar-refractivity contribution in [1.82, 2.24) is 0 Å². The number of carboxylic acid groups (broad SMARTS) is 1. The average Bonchev–Trinajstić information content (AvgIpc) is 2.58. The molecule has 2 rings (SSSR count). The number of hydrogen-bond acceptors (Lipinski definition) is 4. The minimum absolute atomic E-state index is 0.0873. The Balaban J connectivity index is 2.49. The molecule has 0 unspecified atom stereocenters. The Morgan fingerprint density at radius 1 is 1.19 bits per heavy atom. The number of hydrogen-bond donors (Lipinski definition) is 1. The molecule has 1 aromatic rings. The summed E-state index contributed by atoms with van der Waals surface area (Å²) in [5, 5.41) is 9.26. The molecule has 112 valence electrons. The number of carbonyl (C=O) groups is 2. The van der Waals surface area contributed by atoms with E-state index in [4.69, 9.17) is 9.31 Å². The van der Waals surface area contributed by atoms with Crippen LogP contribution in [0, 0.1) is 6.92 Å². The number of aromatic carboxylic acids is 1. The monoisotopic (exact) mass is 290 g/mol. The van der Waals surface area contributed by atoms with Crippen molar-refractivity contribution in [2.45, 2.75) is 45.8 Å². The van der Waals surface area contributed by atoms with E-state index in [2.05, 4.69) is 0 Å². The van der Waals surface area contributed by atoms with Crippen LogP contribution in [0.5, 0.6) is 0 Å². The lowest BCUT2D eigenvalue weighted by atomic mass is 9.76. The van der Waals surface area contributed by atoms with E-state index in [1.54, 1.807) is 13.0 Å². The van der Waals surface area contributed by atoms with Gasteiger partial charge in [-0.3, -0.25) is 4.79 Å². The molecule has 0 aliphatic carbocycles. The fourth-order valence-corrected chi connectivity index (χ4v) is 2.22. The summed E-state index contributed by atoms with van der Waals surface area (Å²) >= 11 is 0. The molecule has 1 N–H and O–H groups in total. The second-order valence-corrected chi connectivity index (χ2v) is 6.29. The van der Waals surface area contributed by atoms with Gasteiger partial charge in [-0.25, -0.2) is 4.79 Å². The summed E-state index contributed by atoms with van der Waals surface area (Å²) in [6.45, 7) is 9.28. The van der Waals surface area contributed by atoms with Crippen LogP contribution in [0.25, 0.3) is 0 Å². The lowest BCUT2D eigenvalue weighted by molar-refractivity contribution is 0.00578. The molecule has 1 aliphatic rings. The predicted molar refractivity (Wildman–Crippen MR) is 79.2 cm³/mol. The predicted octanol–water partition coefficient (Wildman–Crippen LogP) is 1.80. The smallest absolute Gasteiger partial charge is 0.478 e. The molecule has 1 aromatic carbocycles. The van der Waals surface area contributed by atoms with Gasteiger partial charge in [-0.1, -0.05) is 6.07 Å². The quantitative estimate of drug-likeness (QED) is 0.679. The van der Waals surface area contributed by atoms with Crippen LogP contribution in [-0.2, 0) is 9.31 Å². The zero-order valence-corrected chi connectivity index (χ0v) is 12.9.